The van der Waals surface area contributed by atoms with Crippen LogP contribution in [0.5, 0.6) is 0 Å². The Morgan fingerprint density at radius 2 is 1.85 bits per heavy atom. The van der Waals surface area contributed by atoms with Gasteiger partial charge < -0.3 is 0 Å². The zero-order valence-electron chi connectivity index (χ0n) is 12.8. The van der Waals surface area contributed by atoms with Crippen LogP contribution in [0.15, 0.2) is 24.3 Å². The van der Waals surface area contributed by atoms with E-state index >= 15 is 0 Å². The van der Waals surface area contributed by atoms with Crippen molar-refractivity contribution in [3.05, 3.63) is 33.4 Å². The van der Waals surface area contributed by atoms with E-state index in [0.717, 1.165) is 12.8 Å². The van der Waals surface area contributed by atoms with Crippen molar-refractivity contribution in [3.8, 4) is 0 Å². The van der Waals surface area contributed by atoms with Gasteiger partial charge in [-0.05, 0) is 52.6 Å². The third kappa shape index (κ3) is 7.41. The molecule has 0 saturated heterocycles. The van der Waals surface area contributed by atoms with E-state index in [4.69, 9.17) is 0 Å². The highest BCUT2D eigenvalue weighted by Crippen LogP contribution is 2.22. The predicted octanol–water partition coefficient (Wildman–Crippen LogP) is 6.10. The monoisotopic (exact) mass is 386 g/mol. The number of halogens is 1. The first-order valence-electron chi connectivity index (χ1n) is 7.90. The number of benzene rings is 1. The topological polar surface area (TPSA) is 17.1 Å². The lowest BCUT2D eigenvalue weighted by Gasteiger charge is -2.11. The van der Waals surface area contributed by atoms with Gasteiger partial charge in [0.05, 0.1) is 0 Å². The second-order valence-electron chi connectivity index (χ2n) is 5.72. The molecule has 1 nitrogen and oxygen atoms in total. The van der Waals surface area contributed by atoms with Crippen LogP contribution in [0.4, 0.5) is 0 Å². The Morgan fingerprint density at radius 3 is 2.55 bits per heavy atom. The molecular weight excluding hydrogens is 359 g/mol. The van der Waals surface area contributed by atoms with E-state index in [0.29, 0.717) is 18.1 Å². The minimum Gasteiger partial charge on any atom is -0.300 e. The first-order chi connectivity index (χ1) is 9.63. The molecule has 2 heteroatoms. The van der Waals surface area contributed by atoms with Crippen molar-refractivity contribution >= 4 is 28.4 Å². The minimum atomic E-state index is 0.345. The normalized spacial score (nSPS) is 12.3. The Labute approximate surface area is 137 Å². The van der Waals surface area contributed by atoms with E-state index in [-0.39, 0.29) is 0 Å². The number of carbonyl (C=O) groups excluding carboxylic acids is 1. The van der Waals surface area contributed by atoms with Crippen LogP contribution >= 0.6 is 22.6 Å². The van der Waals surface area contributed by atoms with E-state index in [1.54, 1.807) is 0 Å². The SMILES string of the molecule is CCCCCCCCC(=O)C[C@H](C)c1cccc(I)c1. The summed E-state index contributed by atoms with van der Waals surface area (Å²) in [7, 11) is 0. The Balaban J connectivity index is 2.21. The van der Waals surface area contributed by atoms with Crippen molar-refractivity contribution in [2.45, 2.75) is 71.1 Å². The summed E-state index contributed by atoms with van der Waals surface area (Å²) in [4.78, 5) is 12.0. The standard InChI is InChI=1S/C18H27IO/c1-3-4-5-6-7-8-12-18(20)13-15(2)16-10-9-11-17(19)14-16/h9-11,14-15H,3-8,12-13H2,1-2H3/t15-/m0/s1. The average molecular weight is 386 g/mol. The smallest absolute Gasteiger partial charge is 0.133 e. The summed E-state index contributed by atoms with van der Waals surface area (Å²) >= 11 is 2.33. The second-order valence-corrected chi connectivity index (χ2v) is 6.96. The van der Waals surface area contributed by atoms with Crippen molar-refractivity contribution in [1.82, 2.24) is 0 Å². The molecule has 1 aromatic rings. The summed E-state index contributed by atoms with van der Waals surface area (Å²) in [5, 5.41) is 0. The van der Waals surface area contributed by atoms with Crippen molar-refractivity contribution in [3.63, 3.8) is 0 Å². The molecule has 0 aromatic heterocycles. The lowest BCUT2D eigenvalue weighted by Crippen LogP contribution is -2.04. The highest BCUT2D eigenvalue weighted by molar-refractivity contribution is 14.1. The summed E-state index contributed by atoms with van der Waals surface area (Å²) in [6.07, 6.45) is 8.96. The third-order valence-corrected chi connectivity index (χ3v) is 4.43. The van der Waals surface area contributed by atoms with Gasteiger partial charge in [0.2, 0.25) is 0 Å². The van der Waals surface area contributed by atoms with Crippen molar-refractivity contribution in [2.24, 2.45) is 0 Å². The van der Waals surface area contributed by atoms with Gasteiger partial charge in [-0.1, -0.05) is 58.1 Å². The van der Waals surface area contributed by atoms with Crippen LogP contribution in [0.2, 0.25) is 0 Å². The molecule has 0 saturated carbocycles. The molecule has 1 aromatic carbocycles. The van der Waals surface area contributed by atoms with Gasteiger partial charge >= 0.3 is 0 Å². The van der Waals surface area contributed by atoms with Gasteiger partial charge in [0, 0.05) is 16.4 Å². The maximum atomic E-state index is 12.0. The first kappa shape index (κ1) is 17.7. The highest BCUT2D eigenvalue weighted by Gasteiger charge is 2.11. The van der Waals surface area contributed by atoms with Crippen molar-refractivity contribution in [2.75, 3.05) is 0 Å². The predicted molar refractivity (Wildman–Crippen MR) is 95.2 cm³/mol. The number of hydrogen-bond acceptors (Lipinski definition) is 1. The zero-order valence-corrected chi connectivity index (χ0v) is 15.0. The van der Waals surface area contributed by atoms with Gasteiger partial charge in [-0.25, -0.2) is 0 Å². The quantitative estimate of drug-likeness (QED) is 0.351. The number of hydrogen-bond donors (Lipinski definition) is 0. The highest BCUT2D eigenvalue weighted by atomic mass is 127. The molecule has 0 aliphatic heterocycles. The summed E-state index contributed by atoms with van der Waals surface area (Å²) < 4.78 is 1.25. The molecule has 1 atom stereocenters. The van der Waals surface area contributed by atoms with Gasteiger partial charge in [-0.15, -0.1) is 0 Å². The van der Waals surface area contributed by atoms with E-state index in [1.165, 1.54) is 41.2 Å². The van der Waals surface area contributed by atoms with Crippen LogP contribution in [-0.4, -0.2) is 5.78 Å². The van der Waals surface area contributed by atoms with Gasteiger partial charge in [-0.3, -0.25) is 4.79 Å². The molecule has 0 spiro atoms. The number of unbranched alkanes of at least 4 members (excludes halogenated alkanes) is 5. The molecule has 0 amide bonds. The van der Waals surface area contributed by atoms with Crippen LogP contribution < -0.4 is 0 Å². The molecular formula is C18H27IO. The van der Waals surface area contributed by atoms with Crippen LogP contribution in [0.1, 0.15) is 76.7 Å². The molecule has 0 aliphatic rings. The maximum absolute atomic E-state index is 12.0. The molecule has 20 heavy (non-hydrogen) atoms. The molecule has 0 heterocycles. The number of Topliss-reactive ketones (excluding diaryl/α,β-unsaturated/α-hetero) is 1. The molecule has 0 N–H and O–H groups in total. The Kier molecular flexibility index (Phi) is 9.16. The van der Waals surface area contributed by atoms with Crippen LogP contribution in [0.25, 0.3) is 0 Å². The second kappa shape index (κ2) is 10.4. The van der Waals surface area contributed by atoms with Crippen molar-refractivity contribution in [1.29, 1.82) is 0 Å². The lowest BCUT2D eigenvalue weighted by atomic mass is 9.94. The summed E-state index contributed by atoms with van der Waals surface area (Å²) in [5.74, 6) is 0.768. The van der Waals surface area contributed by atoms with Gasteiger partial charge in [0.25, 0.3) is 0 Å². The van der Waals surface area contributed by atoms with Gasteiger partial charge in [0.15, 0.2) is 0 Å². The minimum absolute atomic E-state index is 0.345. The fourth-order valence-corrected chi connectivity index (χ4v) is 3.04. The molecule has 0 radical (unpaired) electrons. The van der Waals surface area contributed by atoms with Crippen LogP contribution in [0, 0.1) is 3.57 Å². The third-order valence-electron chi connectivity index (χ3n) is 3.76. The molecule has 112 valence electrons. The zero-order chi connectivity index (χ0) is 14.8. The molecule has 1 rings (SSSR count). The Morgan fingerprint density at radius 1 is 1.15 bits per heavy atom. The number of ketones is 1. The Hall–Kier alpha value is -0.380. The van der Waals surface area contributed by atoms with E-state index in [9.17, 15) is 4.79 Å². The maximum Gasteiger partial charge on any atom is 0.133 e. The fourth-order valence-electron chi connectivity index (χ4n) is 2.48. The van der Waals surface area contributed by atoms with Crippen LogP contribution in [0.3, 0.4) is 0 Å². The molecule has 0 bridgehead atoms. The summed E-state index contributed by atoms with van der Waals surface area (Å²) in [6.45, 7) is 4.39. The Bertz CT molecular complexity index is 400. The van der Waals surface area contributed by atoms with Crippen LogP contribution in [-0.2, 0) is 4.79 Å². The summed E-state index contributed by atoms with van der Waals surface area (Å²) in [5.41, 5.74) is 1.29. The van der Waals surface area contributed by atoms with E-state index in [1.807, 2.05) is 0 Å². The summed E-state index contributed by atoms with van der Waals surface area (Å²) in [6, 6.07) is 8.48. The van der Waals surface area contributed by atoms with Crippen molar-refractivity contribution < 1.29 is 4.79 Å². The number of carbonyl (C=O) groups is 1. The largest absolute Gasteiger partial charge is 0.300 e. The van der Waals surface area contributed by atoms with E-state index in [2.05, 4.69) is 60.7 Å². The lowest BCUT2D eigenvalue weighted by molar-refractivity contribution is -0.119. The first-order valence-corrected chi connectivity index (χ1v) is 8.98. The molecule has 0 fully saturated rings. The average Bonchev–Trinajstić information content (AvgIpc) is 2.42. The number of rotatable bonds is 10. The molecule has 0 aliphatic carbocycles. The van der Waals surface area contributed by atoms with Gasteiger partial charge in [0.1, 0.15) is 5.78 Å². The van der Waals surface area contributed by atoms with Gasteiger partial charge in [-0.2, -0.15) is 0 Å². The fraction of sp³-hybridized carbons (Fsp3) is 0.611. The molecule has 0 unspecified atom stereocenters. The van der Waals surface area contributed by atoms with E-state index < -0.39 is 0 Å².